The first kappa shape index (κ1) is 15.7. The van der Waals surface area contributed by atoms with Gasteiger partial charge in [-0.3, -0.25) is 0 Å². The maximum absolute atomic E-state index is 12.2. The zero-order valence-electron chi connectivity index (χ0n) is 13.4. The molecule has 1 amide bonds. The van der Waals surface area contributed by atoms with Crippen molar-refractivity contribution in [2.24, 2.45) is 0 Å². The summed E-state index contributed by atoms with van der Waals surface area (Å²) in [6.07, 6.45) is 1.73. The number of likely N-dealkylation sites (tertiary alicyclic amines) is 1. The van der Waals surface area contributed by atoms with Crippen molar-refractivity contribution in [2.75, 3.05) is 13.2 Å². The Hall–Kier alpha value is -1.71. The maximum Gasteiger partial charge on any atom is 0.410 e. The molecular formula is C17H25NO3. The van der Waals surface area contributed by atoms with E-state index in [2.05, 4.69) is 0 Å². The van der Waals surface area contributed by atoms with Gasteiger partial charge in [-0.25, -0.2) is 4.79 Å². The topological polar surface area (TPSA) is 38.8 Å². The van der Waals surface area contributed by atoms with Gasteiger partial charge in [0.25, 0.3) is 0 Å². The minimum absolute atomic E-state index is 0.0983. The molecule has 0 bridgehead atoms. The molecule has 0 aliphatic carbocycles. The predicted octanol–water partition coefficient (Wildman–Crippen LogP) is 3.77. The van der Waals surface area contributed by atoms with Gasteiger partial charge in [-0.1, -0.05) is 17.7 Å². The van der Waals surface area contributed by atoms with Gasteiger partial charge in [-0.15, -0.1) is 0 Å². The number of hydrogen-bond donors (Lipinski definition) is 0. The molecule has 0 saturated carbocycles. The highest BCUT2D eigenvalue weighted by Crippen LogP contribution is 2.22. The fourth-order valence-corrected chi connectivity index (χ4v) is 2.40. The lowest BCUT2D eigenvalue weighted by molar-refractivity contribution is 0.0187. The quantitative estimate of drug-likeness (QED) is 0.851. The van der Waals surface area contributed by atoms with E-state index in [-0.39, 0.29) is 12.1 Å². The minimum atomic E-state index is -0.456. The summed E-state index contributed by atoms with van der Waals surface area (Å²) in [5.74, 6) is 0.844. The van der Waals surface area contributed by atoms with E-state index >= 15 is 0 Å². The van der Waals surface area contributed by atoms with Crippen molar-refractivity contribution in [3.8, 4) is 5.75 Å². The molecule has 1 fully saturated rings. The van der Waals surface area contributed by atoms with E-state index in [0.29, 0.717) is 6.61 Å². The summed E-state index contributed by atoms with van der Waals surface area (Å²) in [4.78, 5) is 14.0. The van der Waals surface area contributed by atoms with Crippen LogP contribution in [0.5, 0.6) is 5.75 Å². The number of carbonyl (C=O) groups is 1. The summed E-state index contributed by atoms with van der Waals surface area (Å²) in [5, 5.41) is 0. The highest BCUT2D eigenvalue weighted by molar-refractivity contribution is 5.69. The third-order valence-corrected chi connectivity index (χ3v) is 3.47. The highest BCUT2D eigenvalue weighted by Gasteiger charge is 2.32. The standard InChI is InChI=1S/C17H25NO3/c1-13-7-9-15(10-8-13)20-12-14-6-5-11-18(14)16(19)21-17(2,3)4/h7-10,14H,5-6,11-12H2,1-4H3. The van der Waals surface area contributed by atoms with Gasteiger partial charge in [0.15, 0.2) is 0 Å². The van der Waals surface area contributed by atoms with E-state index in [4.69, 9.17) is 9.47 Å². The third kappa shape index (κ3) is 4.66. The van der Waals surface area contributed by atoms with Crippen molar-refractivity contribution in [1.29, 1.82) is 0 Å². The molecular weight excluding hydrogens is 266 g/mol. The van der Waals surface area contributed by atoms with E-state index in [1.54, 1.807) is 4.90 Å². The SMILES string of the molecule is Cc1ccc(OCC2CCCN2C(=O)OC(C)(C)C)cc1. The van der Waals surface area contributed by atoms with Crippen LogP contribution in [0.3, 0.4) is 0 Å². The van der Waals surface area contributed by atoms with Crippen molar-refractivity contribution in [3.05, 3.63) is 29.8 Å². The molecule has 0 spiro atoms. The van der Waals surface area contributed by atoms with Gasteiger partial charge in [0.2, 0.25) is 0 Å². The second kappa shape index (κ2) is 6.37. The molecule has 0 N–H and O–H groups in total. The predicted molar refractivity (Wildman–Crippen MR) is 82.6 cm³/mol. The number of rotatable bonds is 3. The Balaban J connectivity index is 1.90. The van der Waals surface area contributed by atoms with Crippen LogP contribution in [0, 0.1) is 6.92 Å². The van der Waals surface area contributed by atoms with Crippen molar-refractivity contribution in [2.45, 2.75) is 52.2 Å². The smallest absolute Gasteiger partial charge is 0.410 e. The lowest BCUT2D eigenvalue weighted by Gasteiger charge is -2.28. The summed E-state index contributed by atoms with van der Waals surface area (Å²) >= 11 is 0. The minimum Gasteiger partial charge on any atom is -0.491 e. The molecule has 0 radical (unpaired) electrons. The van der Waals surface area contributed by atoms with E-state index in [1.807, 2.05) is 52.0 Å². The number of nitrogens with zero attached hydrogens (tertiary/aromatic N) is 1. The average molecular weight is 291 g/mol. The molecule has 4 heteroatoms. The van der Waals surface area contributed by atoms with Crippen LogP contribution in [0.1, 0.15) is 39.2 Å². The fraction of sp³-hybridized carbons (Fsp3) is 0.588. The van der Waals surface area contributed by atoms with Crippen LogP contribution in [0.4, 0.5) is 4.79 Å². The number of carbonyl (C=O) groups excluding carboxylic acids is 1. The summed E-state index contributed by atoms with van der Waals surface area (Å²) in [6.45, 7) is 8.97. The Bertz CT molecular complexity index is 476. The zero-order chi connectivity index (χ0) is 15.5. The van der Waals surface area contributed by atoms with Gasteiger partial charge in [-0.2, -0.15) is 0 Å². The molecule has 1 aliphatic rings. The molecule has 0 aromatic heterocycles. The lowest BCUT2D eigenvalue weighted by Crippen LogP contribution is -2.42. The van der Waals surface area contributed by atoms with E-state index < -0.39 is 5.60 Å². The molecule has 1 aromatic carbocycles. The van der Waals surface area contributed by atoms with E-state index in [9.17, 15) is 4.79 Å². The van der Waals surface area contributed by atoms with Gasteiger partial charge in [-0.05, 0) is 52.7 Å². The summed E-state index contributed by atoms with van der Waals surface area (Å²) in [6, 6.07) is 8.07. The Kier molecular flexibility index (Phi) is 4.76. The fourth-order valence-electron chi connectivity index (χ4n) is 2.40. The molecule has 4 nitrogen and oxygen atoms in total. The van der Waals surface area contributed by atoms with Crippen LogP contribution in [0.15, 0.2) is 24.3 Å². The van der Waals surface area contributed by atoms with Gasteiger partial charge in [0.1, 0.15) is 18.0 Å². The van der Waals surface area contributed by atoms with Crippen molar-refractivity contribution in [3.63, 3.8) is 0 Å². The number of benzene rings is 1. The number of amides is 1. The van der Waals surface area contributed by atoms with Crippen LogP contribution in [0.25, 0.3) is 0 Å². The van der Waals surface area contributed by atoms with Crippen molar-refractivity contribution < 1.29 is 14.3 Å². The average Bonchev–Trinajstić information content (AvgIpc) is 2.84. The molecule has 2 rings (SSSR count). The first-order chi connectivity index (χ1) is 9.85. The number of hydrogen-bond acceptors (Lipinski definition) is 3. The van der Waals surface area contributed by atoms with Crippen LogP contribution >= 0.6 is 0 Å². The molecule has 1 atom stereocenters. The maximum atomic E-state index is 12.2. The second-order valence-corrected chi connectivity index (χ2v) is 6.59. The summed E-state index contributed by atoms with van der Waals surface area (Å²) in [5.41, 5.74) is 0.751. The Morgan fingerprint density at radius 1 is 1.29 bits per heavy atom. The Labute approximate surface area is 127 Å². The van der Waals surface area contributed by atoms with Gasteiger partial charge < -0.3 is 14.4 Å². The Morgan fingerprint density at radius 3 is 2.57 bits per heavy atom. The zero-order valence-corrected chi connectivity index (χ0v) is 13.4. The summed E-state index contributed by atoms with van der Waals surface area (Å²) in [7, 11) is 0. The van der Waals surface area contributed by atoms with Crippen LogP contribution in [-0.4, -0.2) is 35.8 Å². The van der Waals surface area contributed by atoms with Crippen LogP contribution in [-0.2, 0) is 4.74 Å². The van der Waals surface area contributed by atoms with Crippen molar-refractivity contribution in [1.82, 2.24) is 4.90 Å². The normalized spacial score (nSPS) is 18.7. The number of aryl methyl sites for hydroxylation is 1. The molecule has 1 aromatic rings. The first-order valence-corrected chi connectivity index (χ1v) is 7.54. The first-order valence-electron chi connectivity index (χ1n) is 7.54. The third-order valence-electron chi connectivity index (χ3n) is 3.47. The molecule has 1 aliphatic heterocycles. The molecule has 1 unspecified atom stereocenters. The van der Waals surface area contributed by atoms with Gasteiger partial charge >= 0.3 is 6.09 Å². The molecule has 1 heterocycles. The molecule has 21 heavy (non-hydrogen) atoms. The largest absolute Gasteiger partial charge is 0.491 e. The lowest BCUT2D eigenvalue weighted by atomic mass is 10.2. The molecule has 116 valence electrons. The van der Waals surface area contributed by atoms with Crippen molar-refractivity contribution >= 4 is 6.09 Å². The van der Waals surface area contributed by atoms with Gasteiger partial charge in [0, 0.05) is 6.54 Å². The summed E-state index contributed by atoms with van der Waals surface area (Å²) < 4.78 is 11.3. The number of ether oxygens (including phenoxy) is 2. The molecule has 1 saturated heterocycles. The monoisotopic (exact) mass is 291 g/mol. The Morgan fingerprint density at radius 2 is 1.95 bits per heavy atom. The van der Waals surface area contributed by atoms with Crippen LogP contribution in [0.2, 0.25) is 0 Å². The van der Waals surface area contributed by atoms with Crippen LogP contribution < -0.4 is 4.74 Å². The van der Waals surface area contributed by atoms with E-state index in [0.717, 1.165) is 25.1 Å². The van der Waals surface area contributed by atoms with E-state index in [1.165, 1.54) is 5.56 Å². The highest BCUT2D eigenvalue weighted by atomic mass is 16.6. The van der Waals surface area contributed by atoms with Gasteiger partial charge in [0.05, 0.1) is 6.04 Å². The second-order valence-electron chi connectivity index (χ2n) is 6.59.